The van der Waals surface area contributed by atoms with E-state index in [1.807, 2.05) is 18.7 Å². The number of likely N-dealkylation sites (tertiary alicyclic amines) is 1. The minimum atomic E-state index is -4.67. The highest BCUT2D eigenvalue weighted by molar-refractivity contribution is 5.96. The molecule has 0 bridgehead atoms. The van der Waals surface area contributed by atoms with Gasteiger partial charge in [-0.05, 0) is 64.3 Å². The van der Waals surface area contributed by atoms with Crippen molar-refractivity contribution < 1.29 is 37.0 Å². The first-order valence-electron chi connectivity index (χ1n) is 10.6. The lowest BCUT2D eigenvalue weighted by atomic mass is 9.97. The Hall–Kier alpha value is -2.78. The molecular weight excluding hydrogens is 429 g/mol. The Labute approximate surface area is 185 Å². The van der Waals surface area contributed by atoms with Gasteiger partial charge in [0.05, 0.1) is 6.61 Å². The number of amides is 2. The van der Waals surface area contributed by atoms with Crippen LogP contribution in [-0.4, -0.2) is 72.1 Å². The van der Waals surface area contributed by atoms with E-state index in [4.69, 9.17) is 4.74 Å². The maximum atomic E-state index is 12.9. The molecule has 1 heterocycles. The van der Waals surface area contributed by atoms with Gasteiger partial charge >= 0.3 is 12.1 Å². The predicted molar refractivity (Wildman–Crippen MR) is 110 cm³/mol. The number of benzene rings is 1. The summed E-state index contributed by atoms with van der Waals surface area (Å²) in [5, 5.41) is 0. The topological polar surface area (TPSA) is 76.1 Å². The summed E-state index contributed by atoms with van der Waals surface area (Å²) in [4.78, 5) is 38.9. The molecule has 10 heteroatoms. The van der Waals surface area contributed by atoms with Crippen molar-refractivity contribution in [1.29, 1.82) is 0 Å². The van der Waals surface area contributed by atoms with Gasteiger partial charge in [-0.2, -0.15) is 13.2 Å². The first-order valence-corrected chi connectivity index (χ1v) is 10.6. The lowest BCUT2D eigenvalue weighted by molar-refractivity contribution is -0.153. The van der Waals surface area contributed by atoms with Crippen LogP contribution in [0.4, 0.5) is 13.2 Å². The number of esters is 1. The van der Waals surface area contributed by atoms with E-state index in [-0.39, 0.29) is 36.8 Å². The fourth-order valence-corrected chi connectivity index (χ4v) is 3.79. The average molecular weight is 458 g/mol. The van der Waals surface area contributed by atoms with Gasteiger partial charge in [-0.3, -0.25) is 14.4 Å². The summed E-state index contributed by atoms with van der Waals surface area (Å²) in [6.07, 6.45) is -1.72. The maximum absolute atomic E-state index is 12.9. The number of piperidine rings is 1. The molecule has 1 fully saturated rings. The minimum Gasteiger partial charge on any atom is -0.484 e. The van der Waals surface area contributed by atoms with Crippen LogP contribution in [0, 0.1) is 0 Å². The SMILES string of the molecule is CCOC(=O)CN(CC(F)(F)F)C(=O)c1ccc(OCC(=O)N2C(C)CCCC2C)cc1. The van der Waals surface area contributed by atoms with E-state index in [1.165, 1.54) is 31.2 Å². The van der Waals surface area contributed by atoms with Crippen LogP contribution in [0.15, 0.2) is 24.3 Å². The van der Waals surface area contributed by atoms with E-state index in [0.717, 1.165) is 19.3 Å². The zero-order chi connectivity index (χ0) is 23.9. The number of halogens is 3. The maximum Gasteiger partial charge on any atom is 0.406 e. The number of alkyl halides is 3. The van der Waals surface area contributed by atoms with E-state index < -0.39 is 31.1 Å². The molecule has 32 heavy (non-hydrogen) atoms. The summed E-state index contributed by atoms with van der Waals surface area (Å²) < 4.78 is 48.8. The van der Waals surface area contributed by atoms with E-state index >= 15 is 0 Å². The van der Waals surface area contributed by atoms with Crippen molar-refractivity contribution in [2.75, 3.05) is 26.3 Å². The molecular formula is C22H29F3N2O5. The number of nitrogens with zero attached hydrogens (tertiary/aromatic N) is 2. The lowest BCUT2D eigenvalue weighted by Gasteiger charge is -2.38. The van der Waals surface area contributed by atoms with Gasteiger partial charge in [0.25, 0.3) is 11.8 Å². The van der Waals surface area contributed by atoms with E-state index in [2.05, 4.69) is 4.74 Å². The van der Waals surface area contributed by atoms with E-state index in [1.54, 1.807) is 0 Å². The third kappa shape index (κ3) is 7.42. The summed E-state index contributed by atoms with van der Waals surface area (Å²) in [6.45, 7) is 2.93. The number of carbonyl (C=O) groups excluding carboxylic acids is 3. The van der Waals surface area contributed by atoms with Gasteiger partial charge in [-0.25, -0.2) is 0 Å². The molecule has 1 aromatic rings. The number of rotatable bonds is 8. The molecule has 0 saturated carbocycles. The van der Waals surface area contributed by atoms with Crippen molar-refractivity contribution in [3.8, 4) is 5.75 Å². The third-order valence-electron chi connectivity index (χ3n) is 5.23. The second kappa shape index (κ2) is 11.2. The highest BCUT2D eigenvalue weighted by atomic mass is 19.4. The lowest BCUT2D eigenvalue weighted by Crippen LogP contribution is -2.49. The Morgan fingerprint density at radius 1 is 1.09 bits per heavy atom. The molecule has 0 aliphatic carbocycles. The average Bonchev–Trinajstić information content (AvgIpc) is 2.70. The van der Waals surface area contributed by atoms with Crippen LogP contribution in [-0.2, 0) is 14.3 Å². The molecule has 1 saturated heterocycles. The van der Waals surface area contributed by atoms with Crippen LogP contribution in [0.3, 0.4) is 0 Å². The van der Waals surface area contributed by atoms with Gasteiger partial charge in [-0.1, -0.05) is 0 Å². The Morgan fingerprint density at radius 2 is 1.69 bits per heavy atom. The molecule has 7 nitrogen and oxygen atoms in total. The summed E-state index contributed by atoms with van der Waals surface area (Å²) in [6, 6.07) is 5.66. The highest BCUT2D eigenvalue weighted by Gasteiger charge is 2.34. The molecule has 1 aliphatic heterocycles. The predicted octanol–water partition coefficient (Wildman–Crippen LogP) is 3.42. The highest BCUT2D eigenvalue weighted by Crippen LogP contribution is 2.23. The summed E-state index contributed by atoms with van der Waals surface area (Å²) in [5.41, 5.74) is -0.0458. The molecule has 1 aromatic carbocycles. The van der Waals surface area contributed by atoms with Gasteiger partial charge in [0.1, 0.15) is 18.8 Å². The molecule has 2 unspecified atom stereocenters. The van der Waals surface area contributed by atoms with Crippen LogP contribution < -0.4 is 4.74 Å². The van der Waals surface area contributed by atoms with Gasteiger partial charge < -0.3 is 19.3 Å². The molecule has 0 aromatic heterocycles. The monoisotopic (exact) mass is 458 g/mol. The quantitative estimate of drug-likeness (QED) is 0.558. The molecule has 178 valence electrons. The van der Waals surface area contributed by atoms with Crippen LogP contribution in [0.25, 0.3) is 0 Å². The molecule has 0 N–H and O–H groups in total. The zero-order valence-corrected chi connectivity index (χ0v) is 18.5. The van der Waals surface area contributed by atoms with Gasteiger partial charge in [0.2, 0.25) is 0 Å². The Kier molecular flexibility index (Phi) is 8.91. The van der Waals surface area contributed by atoms with Crippen LogP contribution >= 0.6 is 0 Å². The Balaban J connectivity index is 2.01. The van der Waals surface area contributed by atoms with E-state index in [9.17, 15) is 27.6 Å². The number of hydrogen-bond donors (Lipinski definition) is 0. The second-order valence-corrected chi connectivity index (χ2v) is 7.82. The number of carbonyl (C=O) groups is 3. The first kappa shape index (κ1) is 25.5. The van der Waals surface area contributed by atoms with Crippen molar-refractivity contribution in [2.24, 2.45) is 0 Å². The minimum absolute atomic E-state index is 0.00732. The largest absolute Gasteiger partial charge is 0.484 e. The molecule has 2 rings (SSSR count). The fourth-order valence-electron chi connectivity index (χ4n) is 3.79. The standard InChI is InChI=1S/C22H29F3N2O5/c1-4-31-20(29)12-26(14-22(23,24)25)21(30)17-8-10-18(11-9-17)32-13-19(28)27-15(2)6-5-7-16(27)3/h8-11,15-16H,4-7,12-14H2,1-3H3. The van der Waals surface area contributed by atoms with Crippen molar-refractivity contribution in [3.63, 3.8) is 0 Å². The van der Waals surface area contributed by atoms with Crippen molar-refractivity contribution in [3.05, 3.63) is 29.8 Å². The third-order valence-corrected chi connectivity index (χ3v) is 5.23. The smallest absolute Gasteiger partial charge is 0.406 e. The molecule has 1 aliphatic rings. The molecule has 0 spiro atoms. The van der Waals surface area contributed by atoms with Gasteiger partial charge in [0, 0.05) is 17.6 Å². The van der Waals surface area contributed by atoms with Crippen molar-refractivity contribution in [1.82, 2.24) is 9.80 Å². The van der Waals surface area contributed by atoms with Crippen molar-refractivity contribution in [2.45, 2.75) is 58.3 Å². The van der Waals surface area contributed by atoms with Crippen LogP contribution in [0.5, 0.6) is 5.75 Å². The Bertz CT molecular complexity index is 788. The molecule has 0 radical (unpaired) electrons. The van der Waals surface area contributed by atoms with Gasteiger partial charge in [0.15, 0.2) is 6.61 Å². The fraction of sp³-hybridized carbons (Fsp3) is 0.591. The second-order valence-electron chi connectivity index (χ2n) is 7.82. The van der Waals surface area contributed by atoms with E-state index in [0.29, 0.717) is 10.6 Å². The summed E-state index contributed by atoms with van der Waals surface area (Å²) in [7, 11) is 0. The Morgan fingerprint density at radius 3 is 2.22 bits per heavy atom. The van der Waals surface area contributed by atoms with Crippen LogP contribution in [0.1, 0.15) is 50.4 Å². The van der Waals surface area contributed by atoms with Gasteiger partial charge in [-0.15, -0.1) is 0 Å². The zero-order valence-electron chi connectivity index (χ0n) is 18.5. The number of ether oxygens (including phenoxy) is 2. The van der Waals surface area contributed by atoms with Crippen molar-refractivity contribution >= 4 is 17.8 Å². The molecule has 2 atom stereocenters. The first-order chi connectivity index (χ1) is 15.0. The molecule has 2 amide bonds. The number of hydrogen-bond acceptors (Lipinski definition) is 5. The summed E-state index contributed by atoms with van der Waals surface area (Å²) >= 11 is 0. The van der Waals surface area contributed by atoms with Crippen LogP contribution in [0.2, 0.25) is 0 Å². The normalized spacial score (nSPS) is 18.8. The summed E-state index contributed by atoms with van der Waals surface area (Å²) in [5.74, 6) is -1.73.